The number of nitrogens with one attached hydrogen (secondary N) is 1. The standard InChI is InChI=1S/C17H18N2OS/c1-2-16-19-13-10-12(7-8-14(13)20-16)18-17(11-5-6-11)15-4-3-9-21-15/h3-4,7-11,17-18H,2,5-6H2,1H3. The molecular weight excluding hydrogens is 280 g/mol. The molecule has 0 spiro atoms. The lowest BCUT2D eigenvalue weighted by Gasteiger charge is -2.18. The lowest BCUT2D eigenvalue weighted by Crippen LogP contribution is -2.11. The molecule has 21 heavy (non-hydrogen) atoms. The molecule has 1 aliphatic rings. The van der Waals surface area contributed by atoms with E-state index in [0.29, 0.717) is 6.04 Å². The number of rotatable bonds is 5. The van der Waals surface area contributed by atoms with Gasteiger partial charge in [0.1, 0.15) is 5.52 Å². The van der Waals surface area contributed by atoms with Crippen molar-refractivity contribution in [1.29, 1.82) is 0 Å². The molecule has 0 amide bonds. The number of anilines is 1. The van der Waals surface area contributed by atoms with E-state index in [9.17, 15) is 0 Å². The fourth-order valence-electron chi connectivity index (χ4n) is 2.71. The van der Waals surface area contributed by atoms with E-state index in [1.807, 2.05) is 17.4 Å². The van der Waals surface area contributed by atoms with Crippen LogP contribution in [0, 0.1) is 5.92 Å². The Balaban J connectivity index is 1.63. The van der Waals surface area contributed by atoms with Crippen molar-refractivity contribution in [3.8, 4) is 0 Å². The molecule has 1 aromatic carbocycles. The van der Waals surface area contributed by atoms with E-state index < -0.39 is 0 Å². The van der Waals surface area contributed by atoms with E-state index in [1.54, 1.807) is 0 Å². The lowest BCUT2D eigenvalue weighted by atomic mass is 10.1. The Hall–Kier alpha value is -1.81. The van der Waals surface area contributed by atoms with Crippen LogP contribution in [0.5, 0.6) is 0 Å². The largest absolute Gasteiger partial charge is 0.441 e. The maximum atomic E-state index is 5.67. The van der Waals surface area contributed by atoms with Crippen molar-refractivity contribution >= 4 is 28.1 Å². The Morgan fingerprint density at radius 1 is 1.38 bits per heavy atom. The van der Waals surface area contributed by atoms with Crippen LogP contribution in [0.4, 0.5) is 5.69 Å². The molecule has 1 saturated carbocycles. The molecule has 108 valence electrons. The van der Waals surface area contributed by atoms with Crippen molar-refractivity contribution in [2.75, 3.05) is 5.32 Å². The van der Waals surface area contributed by atoms with E-state index in [4.69, 9.17) is 4.42 Å². The minimum atomic E-state index is 0.431. The summed E-state index contributed by atoms with van der Waals surface area (Å²) in [6.45, 7) is 2.06. The molecule has 2 aromatic heterocycles. The Morgan fingerprint density at radius 2 is 2.29 bits per heavy atom. The van der Waals surface area contributed by atoms with Gasteiger partial charge in [0.2, 0.25) is 0 Å². The van der Waals surface area contributed by atoms with Crippen LogP contribution in [0.1, 0.15) is 36.6 Å². The number of aromatic nitrogens is 1. The second-order valence-electron chi connectivity index (χ2n) is 5.62. The minimum absolute atomic E-state index is 0.431. The molecule has 3 aromatic rings. The number of hydrogen-bond acceptors (Lipinski definition) is 4. The van der Waals surface area contributed by atoms with Crippen molar-refractivity contribution in [1.82, 2.24) is 4.98 Å². The lowest BCUT2D eigenvalue weighted by molar-refractivity contribution is 0.538. The first-order chi connectivity index (χ1) is 10.3. The van der Waals surface area contributed by atoms with E-state index in [2.05, 4.69) is 46.9 Å². The summed E-state index contributed by atoms with van der Waals surface area (Å²) in [5, 5.41) is 5.85. The fourth-order valence-corrected chi connectivity index (χ4v) is 3.58. The van der Waals surface area contributed by atoms with Gasteiger partial charge in [-0.3, -0.25) is 0 Å². The van der Waals surface area contributed by atoms with Crippen LogP contribution in [0.3, 0.4) is 0 Å². The molecule has 1 atom stereocenters. The maximum Gasteiger partial charge on any atom is 0.195 e. The zero-order valence-corrected chi connectivity index (χ0v) is 12.8. The van der Waals surface area contributed by atoms with Crippen LogP contribution >= 0.6 is 11.3 Å². The van der Waals surface area contributed by atoms with Gasteiger partial charge in [-0.25, -0.2) is 4.98 Å². The third-order valence-corrected chi connectivity index (χ3v) is 4.96. The molecule has 1 unspecified atom stereocenters. The molecule has 4 heteroatoms. The summed E-state index contributed by atoms with van der Waals surface area (Å²) in [4.78, 5) is 5.94. The van der Waals surface area contributed by atoms with Crippen LogP contribution in [0.2, 0.25) is 0 Å². The van der Waals surface area contributed by atoms with Gasteiger partial charge in [-0.15, -0.1) is 11.3 Å². The van der Waals surface area contributed by atoms with Gasteiger partial charge in [-0.05, 0) is 48.4 Å². The smallest absolute Gasteiger partial charge is 0.195 e. The number of oxazole rings is 1. The van der Waals surface area contributed by atoms with Gasteiger partial charge in [0.05, 0.1) is 6.04 Å². The summed E-state index contributed by atoms with van der Waals surface area (Å²) in [5.74, 6) is 1.57. The minimum Gasteiger partial charge on any atom is -0.441 e. The summed E-state index contributed by atoms with van der Waals surface area (Å²) in [6, 6.07) is 11.0. The van der Waals surface area contributed by atoms with Gasteiger partial charge >= 0.3 is 0 Å². The topological polar surface area (TPSA) is 38.1 Å². The zero-order valence-electron chi connectivity index (χ0n) is 12.0. The van der Waals surface area contributed by atoms with Crippen molar-refractivity contribution < 1.29 is 4.42 Å². The fraction of sp³-hybridized carbons (Fsp3) is 0.353. The number of hydrogen-bond donors (Lipinski definition) is 1. The maximum absolute atomic E-state index is 5.67. The van der Waals surface area contributed by atoms with Crippen molar-refractivity contribution in [2.45, 2.75) is 32.2 Å². The molecule has 2 heterocycles. The number of thiophene rings is 1. The van der Waals surface area contributed by atoms with Gasteiger partial charge in [0, 0.05) is 17.0 Å². The average Bonchev–Trinajstić information content (AvgIpc) is 3.03. The number of fused-ring (bicyclic) bond motifs is 1. The first-order valence-corrected chi connectivity index (χ1v) is 8.41. The average molecular weight is 298 g/mol. The highest BCUT2D eigenvalue weighted by molar-refractivity contribution is 7.10. The van der Waals surface area contributed by atoms with E-state index in [1.165, 1.54) is 17.7 Å². The second-order valence-corrected chi connectivity index (χ2v) is 6.60. The van der Waals surface area contributed by atoms with Gasteiger partial charge in [0.25, 0.3) is 0 Å². The molecule has 0 bridgehead atoms. The Morgan fingerprint density at radius 3 is 3.00 bits per heavy atom. The third kappa shape index (κ3) is 2.56. The summed E-state index contributed by atoms with van der Waals surface area (Å²) in [5.41, 5.74) is 2.94. The van der Waals surface area contributed by atoms with Gasteiger partial charge < -0.3 is 9.73 Å². The SMILES string of the molecule is CCc1nc2cc(NC(c3cccs3)C3CC3)ccc2o1. The van der Waals surface area contributed by atoms with Gasteiger partial charge in [-0.1, -0.05) is 13.0 Å². The van der Waals surface area contributed by atoms with Crippen molar-refractivity contribution in [3.05, 3.63) is 46.5 Å². The highest BCUT2D eigenvalue weighted by atomic mass is 32.1. The highest BCUT2D eigenvalue weighted by Gasteiger charge is 2.32. The molecule has 1 fully saturated rings. The second kappa shape index (κ2) is 5.19. The van der Waals surface area contributed by atoms with Crippen LogP contribution in [0.25, 0.3) is 11.1 Å². The molecule has 4 rings (SSSR count). The quantitative estimate of drug-likeness (QED) is 0.719. The Kier molecular flexibility index (Phi) is 3.19. The third-order valence-electron chi connectivity index (χ3n) is 4.00. The van der Waals surface area contributed by atoms with E-state index in [-0.39, 0.29) is 0 Å². The molecular formula is C17H18N2OS. The first kappa shape index (κ1) is 12.9. The molecule has 1 aliphatic carbocycles. The zero-order chi connectivity index (χ0) is 14.2. The number of aryl methyl sites for hydroxylation is 1. The van der Waals surface area contributed by atoms with Crippen molar-refractivity contribution in [3.63, 3.8) is 0 Å². The van der Waals surface area contributed by atoms with Gasteiger partial charge in [-0.2, -0.15) is 0 Å². The summed E-state index contributed by atoms with van der Waals surface area (Å²) >= 11 is 1.83. The summed E-state index contributed by atoms with van der Waals surface area (Å²) in [7, 11) is 0. The van der Waals surface area contributed by atoms with E-state index >= 15 is 0 Å². The predicted octanol–water partition coefficient (Wildman–Crippen LogP) is 5.01. The number of nitrogens with zero attached hydrogens (tertiary/aromatic N) is 1. The van der Waals surface area contributed by atoms with E-state index in [0.717, 1.165) is 35.0 Å². The molecule has 0 saturated heterocycles. The van der Waals surface area contributed by atoms with Crippen molar-refractivity contribution in [2.24, 2.45) is 5.92 Å². The van der Waals surface area contributed by atoms with Crippen LogP contribution in [0.15, 0.2) is 40.1 Å². The monoisotopic (exact) mass is 298 g/mol. The normalized spacial score (nSPS) is 16.2. The molecule has 0 radical (unpaired) electrons. The predicted molar refractivity (Wildman–Crippen MR) is 86.8 cm³/mol. The van der Waals surface area contributed by atoms with Crippen LogP contribution in [-0.2, 0) is 6.42 Å². The molecule has 1 N–H and O–H groups in total. The molecule has 0 aliphatic heterocycles. The Labute approximate surface area is 128 Å². The summed E-state index contributed by atoms with van der Waals surface area (Å²) < 4.78 is 5.67. The summed E-state index contributed by atoms with van der Waals surface area (Å²) in [6.07, 6.45) is 3.47. The van der Waals surface area contributed by atoms with Crippen LogP contribution in [-0.4, -0.2) is 4.98 Å². The molecule has 3 nitrogen and oxygen atoms in total. The van der Waals surface area contributed by atoms with Crippen LogP contribution < -0.4 is 5.32 Å². The Bertz CT molecular complexity index is 743. The first-order valence-electron chi connectivity index (χ1n) is 7.53. The highest BCUT2D eigenvalue weighted by Crippen LogP contribution is 2.44. The van der Waals surface area contributed by atoms with Gasteiger partial charge in [0.15, 0.2) is 11.5 Å². The number of benzene rings is 1.